The van der Waals surface area contributed by atoms with Crippen LogP contribution in [0.2, 0.25) is 0 Å². The van der Waals surface area contributed by atoms with Gasteiger partial charge in [-0.05, 0) is 12.8 Å². The van der Waals surface area contributed by atoms with Gasteiger partial charge in [-0.25, -0.2) is 9.59 Å². The largest absolute Gasteiger partial charge is 0.480 e. The van der Waals surface area contributed by atoms with Crippen molar-refractivity contribution in [3.8, 4) is 0 Å². The number of carboxylic acids is 1. The van der Waals surface area contributed by atoms with Crippen molar-refractivity contribution >= 4 is 11.9 Å². The van der Waals surface area contributed by atoms with Crippen molar-refractivity contribution in [2.75, 3.05) is 0 Å². The van der Waals surface area contributed by atoms with Gasteiger partial charge in [0.25, 0.3) is 5.56 Å². The van der Waals surface area contributed by atoms with E-state index in [-0.39, 0.29) is 19.4 Å². The number of rotatable bonds is 6. The lowest BCUT2D eigenvalue weighted by molar-refractivity contribution is -0.148. The quantitative estimate of drug-likeness (QED) is 0.637. The van der Waals surface area contributed by atoms with Gasteiger partial charge < -0.3 is 10.4 Å². The van der Waals surface area contributed by atoms with Gasteiger partial charge in [0.2, 0.25) is 5.91 Å². The lowest BCUT2D eigenvalue weighted by Crippen LogP contribution is -2.54. The van der Waals surface area contributed by atoms with Crippen molar-refractivity contribution in [1.82, 2.24) is 14.9 Å². The molecule has 1 rings (SSSR count). The topological polar surface area (TPSA) is 121 Å². The van der Waals surface area contributed by atoms with Crippen molar-refractivity contribution in [1.29, 1.82) is 0 Å². The molecule has 3 N–H and O–H groups in total. The number of carbonyl (C=O) groups is 2. The highest BCUT2D eigenvalue weighted by atomic mass is 16.4. The lowest BCUT2D eigenvalue weighted by atomic mass is 9.93. The molecule has 0 aliphatic carbocycles. The molecule has 0 aliphatic rings. The van der Waals surface area contributed by atoms with Crippen molar-refractivity contribution < 1.29 is 14.7 Å². The number of carboxylic acid groups (broad SMARTS) is 1. The van der Waals surface area contributed by atoms with E-state index >= 15 is 0 Å². The van der Waals surface area contributed by atoms with Crippen LogP contribution in [0.4, 0.5) is 0 Å². The molecule has 8 nitrogen and oxygen atoms in total. The van der Waals surface area contributed by atoms with Gasteiger partial charge in [0.1, 0.15) is 12.1 Å². The second-order valence-electron chi connectivity index (χ2n) is 4.38. The fourth-order valence-electron chi connectivity index (χ4n) is 1.81. The minimum Gasteiger partial charge on any atom is -0.480 e. The Bertz CT molecular complexity index is 612. The van der Waals surface area contributed by atoms with Crippen LogP contribution < -0.4 is 16.6 Å². The SMILES string of the molecule is CCC(CC)(NC(=O)Cn1ccc(=O)[nH]c1=O)C(=O)O. The molecule has 1 aromatic rings. The zero-order valence-corrected chi connectivity index (χ0v) is 11.3. The molecule has 0 aliphatic heterocycles. The van der Waals surface area contributed by atoms with Gasteiger partial charge in [0.05, 0.1) is 0 Å². The van der Waals surface area contributed by atoms with Gasteiger partial charge in [0, 0.05) is 12.3 Å². The first-order valence-corrected chi connectivity index (χ1v) is 6.19. The Morgan fingerprint density at radius 2 is 1.95 bits per heavy atom. The summed E-state index contributed by atoms with van der Waals surface area (Å²) in [4.78, 5) is 47.4. The molecule has 8 heteroatoms. The average molecular weight is 283 g/mol. The Kier molecular flexibility index (Phi) is 4.84. The van der Waals surface area contributed by atoms with Crippen molar-refractivity contribution in [2.45, 2.75) is 38.8 Å². The maximum atomic E-state index is 11.9. The average Bonchev–Trinajstić information content (AvgIpc) is 2.39. The van der Waals surface area contributed by atoms with Crippen LogP contribution in [0.1, 0.15) is 26.7 Å². The first kappa shape index (κ1) is 15.7. The van der Waals surface area contributed by atoms with Crippen LogP contribution in [0.15, 0.2) is 21.9 Å². The molecule has 1 amide bonds. The van der Waals surface area contributed by atoms with E-state index in [2.05, 4.69) is 5.32 Å². The number of nitrogens with zero attached hydrogens (tertiary/aromatic N) is 1. The van der Waals surface area contributed by atoms with E-state index in [9.17, 15) is 24.3 Å². The predicted octanol–water partition coefficient (Wildman–Crippen LogP) is -0.704. The third-order valence-electron chi connectivity index (χ3n) is 3.21. The summed E-state index contributed by atoms with van der Waals surface area (Å²) in [6.45, 7) is 2.96. The Labute approximate surface area is 114 Å². The summed E-state index contributed by atoms with van der Waals surface area (Å²) in [5, 5.41) is 11.6. The highest BCUT2D eigenvalue weighted by Gasteiger charge is 2.36. The van der Waals surface area contributed by atoms with Crippen LogP contribution >= 0.6 is 0 Å². The summed E-state index contributed by atoms with van der Waals surface area (Å²) in [6.07, 6.45) is 1.64. The second-order valence-corrected chi connectivity index (χ2v) is 4.38. The maximum absolute atomic E-state index is 11.9. The molecule has 110 valence electrons. The highest BCUT2D eigenvalue weighted by molar-refractivity contribution is 5.86. The van der Waals surface area contributed by atoms with Crippen molar-refractivity contribution in [2.24, 2.45) is 0 Å². The van der Waals surface area contributed by atoms with Crippen molar-refractivity contribution in [3.63, 3.8) is 0 Å². The predicted molar refractivity (Wildman–Crippen MR) is 70.4 cm³/mol. The summed E-state index contributed by atoms with van der Waals surface area (Å²) in [5.74, 6) is -1.73. The maximum Gasteiger partial charge on any atom is 0.329 e. The Hall–Kier alpha value is -2.38. The van der Waals surface area contributed by atoms with Gasteiger partial charge in [-0.2, -0.15) is 0 Å². The minimum atomic E-state index is -1.34. The van der Waals surface area contributed by atoms with Gasteiger partial charge >= 0.3 is 11.7 Å². The first-order valence-electron chi connectivity index (χ1n) is 6.19. The minimum absolute atomic E-state index is 0.227. The normalized spacial score (nSPS) is 11.1. The highest BCUT2D eigenvalue weighted by Crippen LogP contribution is 2.15. The molecule has 0 saturated heterocycles. The summed E-state index contributed by atoms with van der Waals surface area (Å²) >= 11 is 0. The number of hydrogen-bond donors (Lipinski definition) is 3. The van der Waals surface area contributed by atoms with E-state index < -0.39 is 28.7 Å². The summed E-state index contributed by atoms with van der Waals surface area (Å²) in [6, 6.07) is 1.11. The lowest BCUT2D eigenvalue weighted by Gasteiger charge is -2.28. The van der Waals surface area contributed by atoms with Crippen LogP contribution in [0.25, 0.3) is 0 Å². The summed E-state index contributed by atoms with van der Waals surface area (Å²) in [7, 11) is 0. The number of H-pyrrole nitrogens is 1. The van der Waals surface area contributed by atoms with Gasteiger partial charge in [-0.3, -0.25) is 19.1 Å². The number of hydrogen-bond acceptors (Lipinski definition) is 4. The Morgan fingerprint density at radius 1 is 1.35 bits per heavy atom. The zero-order valence-electron chi connectivity index (χ0n) is 11.3. The molecule has 0 saturated carbocycles. The Morgan fingerprint density at radius 3 is 2.40 bits per heavy atom. The van der Waals surface area contributed by atoms with Gasteiger partial charge in [-0.1, -0.05) is 13.8 Å². The third-order valence-corrected chi connectivity index (χ3v) is 3.21. The molecule has 20 heavy (non-hydrogen) atoms. The Balaban J connectivity index is 2.89. The zero-order chi connectivity index (χ0) is 15.3. The van der Waals surface area contributed by atoms with Crippen LogP contribution in [0.5, 0.6) is 0 Å². The number of carbonyl (C=O) groups excluding carboxylic acids is 1. The number of aromatic nitrogens is 2. The molecule has 0 bridgehead atoms. The molecule has 0 unspecified atom stereocenters. The van der Waals surface area contributed by atoms with Crippen molar-refractivity contribution in [3.05, 3.63) is 33.1 Å². The van der Waals surface area contributed by atoms with Crippen LogP contribution in [-0.2, 0) is 16.1 Å². The molecule has 0 atom stereocenters. The molecule has 0 spiro atoms. The van der Waals surface area contributed by atoms with E-state index in [0.717, 1.165) is 10.6 Å². The standard InChI is InChI=1S/C12H17N3O5/c1-3-12(4-2,10(18)19)14-9(17)7-15-6-5-8(16)13-11(15)20/h5-6H,3-4,7H2,1-2H3,(H,14,17)(H,18,19)(H,13,16,20). The molecule has 1 aromatic heterocycles. The number of aromatic amines is 1. The van der Waals surface area contributed by atoms with Crippen LogP contribution in [0.3, 0.4) is 0 Å². The van der Waals surface area contributed by atoms with E-state index in [1.807, 2.05) is 4.98 Å². The van der Waals surface area contributed by atoms with E-state index in [1.54, 1.807) is 13.8 Å². The molecular weight excluding hydrogens is 266 g/mol. The monoisotopic (exact) mass is 283 g/mol. The molecule has 0 radical (unpaired) electrons. The van der Waals surface area contributed by atoms with E-state index in [4.69, 9.17) is 0 Å². The van der Waals surface area contributed by atoms with Crippen LogP contribution in [-0.4, -0.2) is 32.1 Å². The fraction of sp³-hybridized carbons (Fsp3) is 0.500. The number of nitrogens with one attached hydrogen (secondary N) is 2. The second kappa shape index (κ2) is 6.18. The molecule has 1 heterocycles. The van der Waals surface area contributed by atoms with Crippen LogP contribution in [0, 0.1) is 0 Å². The number of amides is 1. The third kappa shape index (κ3) is 3.34. The van der Waals surface area contributed by atoms with E-state index in [0.29, 0.717) is 0 Å². The summed E-state index contributed by atoms with van der Waals surface area (Å²) < 4.78 is 0.995. The molecule has 0 aromatic carbocycles. The smallest absolute Gasteiger partial charge is 0.329 e. The molecule has 0 fully saturated rings. The van der Waals surface area contributed by atoms with Gasteiger partial charge in [0.15, 0.2) is 0 Å². The first-order chi connectivity index (χ1) is 9.34. The fourth-order valence-corrected chi connectivity index (χ4v) is 1.81. The van der Waals surface area contributed by atoms with Gasteiger partial charge in [-0.15, -0.1) is 0 Å². The molecular formula is C12H17N3O5. The summed E-state index contributed by atoms with van der Waals surface area (Å²) in [5.41, 5.74) is -2.63. The van der Waals surface area contributed by atoms with E-state index in [1.165, 1.54) is 6.20 Å². The number of aliphatic carboxylic acids is 1.